The lowest BCUT2D eigenvalue weighted by atomic mass is 10.1. The van der Waals surface area contributed by atoms with E-state index >= 15 is 0 Å². The lowest BCUT2D eigenvalue weighted by molar-refractivity contribution is 0.266. The fraction of sp³-hybridized carbons (Fsp3) is 0.333. The first-order valence-corrected chi connectivity index (χ1v) is 7.38. The maximum absolute atomic E-state index is 5.89. The fourth-order valence-electron chi connectivity index (χ4n) is 2.15. The quantitative estimate of drug-likeness (QED) is 0.800. The van der Waals surface area contributed by atoms with E-state index in [9.17, 15) is 0 Å². The Labute approximate surface area is 126 Å². The zero-order chi connectivity index (χ0) is 14.9. The molecule has 3 heteroatoms. The van der Waals surface area contributed by atoms with E-state index in [-0.39, 0.29) is 6.04 Å². The second kappa shape index (κ2) is 8.32. The summed E-state index contributed by atoms with van der Waals surface area (Å²) in [5.41, 5.74) is 1.18. The van der Waals surface area contributed by atoms with Gasteiger partial charge in [-0.3, -0.25) is 0 Å². The molecule has 3 nitrogen and oxygen atoms in total. The summed E-state index contributed by atoms with van der Waals surface area (Å²) in [4.78, 5) is 0. The number of para-hydroxylation sites is 1. The van der Waals surface area contributed by atoms with Gasteiger partial charge in [0.1, 0.15) is 18.1 Å². The van der Waals surface area contributed by atoms with Crippen LogP contribution in [0.15, 0.2) is 54.6 Å². The van der Waals surface area contributed by atoms with Gasteiger partial charge in [-0.2, -0.15) is 0 Å². The standard InChI is InChI=1S/C18H23NO2/c1-3-12-19-18(14-21-16-9-5-4-6-10-16)15-8-7-11-17(13-15)20-2/h4-11,13,18-19H,3,12,14H2,1-2H3. The second-order valence-corrected chi connectivity index (χ2v) is 4.91. The van der Waals surface area contributed by atoms with E-state index < -0.39 is 0 Å². The third-order valence-electron chi connectivity index (χ3n) is 3.30. The molecule has 0 aliphatic heterocycles. The average Bonchev–Trinajstić information content (AvgIpc) is 2.56. The van der Waals surface area contributed by atoms with Gasteiger partial charge in [-0.25, -0.2) is 0 Å². The highest BCUT2D eigenvalue weighted by Gasteiger charge is 2.12. The van der Waals surface area contributed by atoms with Crippen LogP contribution in [0, 0.1) is 0 Å². The number of benzene rings is 2. The van der Waals surface area contributed by atoms with Crippen molar-refractivity contribution < 1.29 is 9.47 Å². The van der Waals surface area contributed by atoms with Crippen LogP contribution in [0.4, 0.5) is 0 Å². The first-order valence-electron chi connectivity index (χ1n) is 7.38. The predicted octanol–water partition coefficient (Wildman–Crippen LogP) is 3.81. The molecule has 0 radical (unpaired) electrons. The van der Waals surface area contributed by atoms with E-state index in [1.54, 1.807) is 7.11 Å². The highest BCUT2D eigenvalue weighted by atomic mass is 16.5. The summed E-state index contributed by atoms with van der Waals surface area (Å²) >= 11 is 0. The van der Waals surface area contributed by atoms with Gasteiger partial charge in [-0.1, -0.05) is 37.3 Å². The smallest absolute Gasteiger partial charge is 0.119 e. The van der Waals surface area contributed by atoms with Gasteiger partial charge in [0.2, 0.25) is 0 Å². The average molecular weight is 285 g/mol. The Morgan fingerprint density at radius 3 is 2.48 bits per heavy atom. The SMILES string of the molecule is CCCNC(COc1ccccc1)c1cccc(OC)c1. The van der Waals surface area contributed by atoms with Crippen molar-refractivity contribution in [2.45, 2.75) is 19.4 Å². The Morgan fingerprint density at radius 2 is 1.76 bits per heavy atom. The normalized spacial score (nSPS) is 11.9. The van der Waals surface area contributed by atoms with Crippen LogP contribution in [0.3, 0.4) is 0 Å². The minimum absolute atomic E-state index is 0.153. The van der Waals surface area contributed by atoms with Gasteiger partial charge in [0.15, 0.2) is 0 Å². The van der Waals surface area contributed by atoms with Crippen LogP contribution in [0.2, 0.25) is 0 Å². The van der Waals surface area contributed by atoms with Crippen molar-refractivity contribution in [2.75, 3.05) is 20.3 Å². The third-order valence-corrected chi connectivity index (χ3v) is 3.30. The molecule has 0 aliphatic carbocycles. The summed E-state index contributed by atoms with van der Waals surface area (Å²) in [7, 11) is 1.69. The lowest BCUT2D eigenvalue weighted by Gasteiger charge is -2.20. The maximum atomic E-state index is 5.89. The minimum Gasteiger partial charge on any atom is -0.497 e. The van der Waals surface area contributed by atoms with E-state index in [2.05, 4.69) is 24.4 Å². The molecule has 2 aromatic rings. The van der Waals surface area contributed by atoms with Gasteiger partial charge < -0.3 is 14.8 Å². The minimum atomic E-state index is 0.153. The molecule has 112 valence electrons. The molecule has 1 unspecified atom stereocenters. The Morgan fingerprint density at radius 1 is 1.00 bits per heavy atom. The lowest BCUT2D eigenvalue weighted by Crippen LogP contribution is -2.27. The van der Waals surface area contributed by atoms with E-state index in [4.69, 9.17) is 9.47 Å². The van der Waals surface area contributed by atoms with E-state index in [1.165, 1.54) is 5.56 Å². The molecule has 0 heterocycles. The van der Waals surface area contributed by atoms with Crippen molar-refractivity contribution in [3.63, 3.8) is 0 Å². The Kier molecular flexibility index (Phi) is 6.10. The Hall–Kier alpha value is -2.00. The summed E-state index contributed by atoms with van der Waals surface area (Å²) in [5.74, 6) is 1.76. The van der Waals surface area contributed by atoms with E-state index in [0.717, 1.165) is 24.5 Å². The Balaban J connectivity index is 2.06. The molecule has 0 spiro atoms. The van der Waals surface area contributed by atoms with Gasteiger partial charge in [0.25, 0.3) is 0 Å². The summed E-state index contributed by atoms with van der Waals surface area (Å²) in [6.07, 6.45) is 1.09. The number of ether oxygens (including phenoxy) is 2. The molecular formula is C18H23NO2. The fourth-order valence-corrected chi connectivity index (χ4v) is 2.15. The van der Waals surface area contributed by atoms with Gasteiger partial charge in [0, 0.05) is 0 Å². The highest BCUT2D eigenvalue weighted by Crippen LogP contribution is 2.20. The monoisotopic (exact) mass is 285 g/mol. The van der Waals surface area contributed by atoms with Crippen LogP contribution < -0.4 is 14.8 Å². The first-order chi connectivity index (χ1) is 10.3. The zero-order valence-electron chi connectivity index (χ0n) is 12.7. The molecule has 0 aliphatic rings. The molecule has 21 heavy (non-hydrogen) atoms. The predicted molar refractivity (Wildman–Crippen MR) is 86.0 cm³/mol. The molecule has 0 bridgehead atoms. The van der Waals surface area contributed by atoms with E-state index in [0.29, 0.717) is 6.61 Å². The van der Waals surface area contributed by atoms with Crippen LogP contribution in [-0.4, -0.2) is 20.3 Å². The molecule has 0 aromatic heterocycles. The van der Waals surface area contributed by atoms with Crippen LogP contribution >= 0.6 is 0 Å². The Bertz CT molecular complexity index is 528. The number of methoxy groups -OCH3 is 1. The van der Waals surface area contributed by atoms with Crippen molar-refractivity contribution in [3.05, 3.63) is 60.2 Å². The molecule has 0 fully saturated rings. The van der Waals surface area contributed by atoms with Crippen molar-refractivity contribution >= 4 is 0 Å². The molecule has 2 rings (SSSR count). The van der Waals surface area contributed by atoms with Gasteiger partial charge >= 0.3 is 0 Å². The van der Waals surface area contributed by atoms with Crippen LogP contribution in [0.1, 0.15) is 24.9 Å². The molecule has 1 atom stereocenters. The molecule has 0 saturated heterocycles. The highest BCUT2D eigenvalue weighted by molar-refractivity contribution is 5.31. The van der Waals surface area contributed by atoms with Crippen molar-refractivity contribution in [1.29, 1.82) is 0 Å². The van der Waals surface area contributed by atoms with Crippen LogP contribution in [-0.2, 0) is 0 Å². The van der Waals surface area contributed by atoms with Crippen LogP contribution in [0.25, 0.3) is 0 Å². The zero-order valence-corrected chi connectivity index (χ0v) is 12.7. The van der Waals surface area contributed by atoms with Crippen molar-refractivity contribution in [3.8, 4) is 11.5 Å². The van der Waals surface area contributed by atoms with Crippen molar-refractivity contribution in [1.82, 2.24) is 5.32 Å². The topological polar surface area (TPSA) is 30.5 Å². The maximum Gasteiger partial charge on any atom is 0.119 e. The number of nitrogens with one attached hydrogen (secondary N) is 1. The molecule has 0 amide bonds. The van der Waals surface area contributed by atoms with Gasteiger partial charge in [-0.15, -0.1) is 0 Å². The molecule has 0 saturated carbocycles. The molecule has 2 aromatic carbocycles. The summed E-state index contributed by atoms with van der Waals surface area (Å²) < 4.78 is 11.2. The second-order valence-electron chi connectivity index (χ2n) is 4.91. The van der Waals surface area contributed by atoms with Crippen LogP contribution in [0.5, 0.6) is 11.5 Å². The number of rotatable bonds is 8. The largest absolute Gasteiger partial charge is 0.497 e. The first kappa shape index (κ1) is 15.4. The molecule has 1 N–H and O–H groups in total. The third kappa shape index (κ3) is 4.80. The van der Waals surface area contributed by atoms with Crippen molar-refractivity contribution in [2.24, 2.45) is 0 Å². The van der Waals surface area contributed by atoms with Gasteiger partial charge in [-0.05, 0) is 42.8 Å². The number of hydrogen-bond donors (Lipinski definition) is 1. The summed E-state index contributed by atoms with van der Waals surface area (Å²) in [6, 6.07) is 18.2. The molecular weight excluding hydrogens is 262 g/mol. The van der Waals surface area contributed by atoms with Gasteiger partial charge in [0.05, 0.1) is 13.2 Å². The summed E-state index contributed by atoms with van der Waals surface area (Å²) in [6.45, 7) is 3.71. The summed E-state index contributed by atoms with van der Waals surface area (Å²) in [5, 5.41) is 3.53. The number of hydrogen-bond acceptors (Lipinski definition) is 3. The van der Waals surface area contributed by atoms with E-state index in [1.807, 2.05) is 42.5 Å².